The van der Waals surface area contributed by atoms with Crippen molar-refractivity contribution in [2.24, 2.45) is 0 Å². The lowest BCUT2D eigenvalue weighted by Gasteiger charge is -2.10. The number of benzene rings is 1. The second-order valence-corrected chi connectivity index (χ2v) is 4.58. The van der Waals surface area contributed by atoms with Crippen molar-refractivity contribution in [2.75, 3.05) is 5.73 Å². The van der Waals surface area contributed by atoms with Crippen LogP contribution in [0.3, 0.4) is 0 Å². The third-order valence-electron chi connectivity index (χ3n) is 2.55. The van der Waals surface area contributed by atoms with Gasteiger partial charge in [-0.15, -0.1) is 0 Å². The Hall–Kier alpha value is -2.03. The Bertz CT molecular complexity index is 506. The second kappa shape index (κ2) is 5.54. The molecular weight excluding hydrogens is 224 g/mol. The van der Waals surface area contributed by atoms with Crippen LogP contribution in [-0.2, 0) is 6.42 Å². The molecule has 1 heterocycles. The van der Waals surface area contributed by atoms with Crippen LogP contribution in [0.2, 0.25) is 0 Å². The number of hydrogen-bond acceptors (Lipinski definition) is 3. The number of rotatable bonds is 4. The first-order valence-corrected chi connectivity index (χ1v) is 6.09. The van der Waals surface area contributed by atoms with E-state index in [9.17, 15) is 0 Å². The Balaban J connectivity index is 2.06. The number of nitrogens with two attached hydrogens (primary N) is 1. The molecule has 18 heavy (non-hydrogen) atoms. The number of pyridine rings is 1. The molecule has 0 aliphatic carbocycles. The summed E-state index contributed by atoms with van der Waals surface area (Å²) in [6.07, 6.45) is 2.80. The van der Waals surface area contributed by atoms with Gasteiger partial charge in [0, 0.05) is 6.20 Å². The quantitative estimate of drug-likeness (QED) is 0.896. The predicted molar refractivity (Wildman–Crippen MR) is 73.7 cm³/mol. The summed E-state index contributed by atoms with van der Waals surface area (Å²) in [4.78, 5) is 3.99. The largest absolute Gasteiger partial charge is 0.491 e. The molecule has 0 saturated carbocycles. The van der Waals surface area contributed by atoms with Gasteiger partial charge in [-0.25, -0.2) is 4.98 Å². The topological polar surface area (TPSA) is 48.1 Å². The summed E-state index contributed by atoms with van der Waals surface area (Å²) < 4.78 is 5.61. The molecule has 0 amide bonds. The fraction of sp³-hybridized carbons (Fsp3) is 0.267. The molecule has 0 spiro atoms. The monoisotopic (exact) mass is 242 g/mol. The van der Waals surface area contributed by atoms with Crippen LogP contribution in [0.25, 0.3) is 0 Å². The zero-order valence-electron chi connectivity index (χ0n) is 10.8. The highest BCUT2D eigenvalue weighted by molar-refractivity contribution is 5.36. The summed E-state index contributed by atoms with van der Waals surface area (Å²) in [6, 6.07) is 12.0. The molecule has 3 nitrogen and oxygen atoms in total. The van der Waals surface area contributed by atoms with E-state index in [0.29, 0.717) is 5.82 Å². The first kappa shape index (κ1) is 12.4. The smallest absolute Gasteiger partial charge is 0.123 e. The van der Waals surface area contributed by atoms with Gasteiger partial charge in [0.15, 0.2) is 0 Å². The van der Waals surface area contributed by atoms with E-state index in [4.69, 9.17) is 10.5 Å². The van der Waals surface area contributed by atoms with Crippen LogP contribution in [0.4, 0.5) is 5.82 Å². The molecule has 0 saturated heterocycles. The minimum atomic E-state index is 0.204. The fourth-order valence-corrected chi connectivity index (χ4v) is 1.80. The van der Waals surface area contributed by atoms with Crippen LogP contribution in [0.5, 0.6) is 5.75 Å². The number of anilines is 1. The molecule has 1 aromatic heterocycles. The van der Waals surface area contributed by atoms with Crippen LogP contribution in [0.15, 0.2) is 42.6 Å². The average Bonchev–Trinajstić information content (AvgIpc) is 2.31. The minimum absolute atomic E-state index is 0.204. The van der Waals surface area contributed by atoms with Gasteiger partial charge in [0.25, 0.3) is 0 Å². The van der Waals surface area contributed by atoms with Gasteiger partial charge >= 0.3 is 0 Å². The molecule has 0 atom stereocenters. The molecule has 2 N–H and O–H groups in total. The van der Waals surface area contributed by atoms with E-state index in [1.165, 1.54) is 11.1 Å². The molecule has 0 unspecified atom stereocenters. The zero-order chi connectivity index (χ0) is 13.0. The van der Waals surface area contributed by atoms with Gasteiger partial charge in [0.05, 0.1) is 6.10 Å². The van der Waals surface area contributed by atoms with Gasteiger partial charge in [-0.2, -0.15) is 0 Å². The first-order valence-electron chi connectivity index (χ1n) is 6.09. The molecule has 2 rings (SSSR count). The van der Waals surface area contributed by atoms with Gasteiger partial charge < -0.3 is 10.5 Å². The van der Waals surface area contributed by atoms with Gasteiger partial charge in [0.2, 0.25) is 0 Å². The highest BCUT2D eigenvalue weighted by Crippen LogP contribution is 2.16. The van der Waals surface area contributed by atoms with Crippen molar-refractivity contribution in [1.29, 1.82) is 0 Å². The molecular formula is C15H18N2O. The van der Waals surface area contributed by atoms with Gasteiger partial charge in [-0.05, 0) is 55.7 Å². The van der Waals surface area contributed by atoms with E-state index in [2.05, 4.69) is 17.1 Å². The van der Waals surface area contributed by atoms with Crippen LogP contribution in [0.1, 0.15) is 25.0 Å². The summed E-state index contributed by atoms with van der Waals surface area (Å²) in [5.41, 5.74) is 8.06. The molecule has 0 aliphatic rings. The Kier molecular flexibility index (Phi) is 3.82. The fourth-order valence-electron chi connectivity index (χ4n) is 1.80. The Morgan fingerprint density at radius 1 is 1.11 bits per heavy atom. The van der Waals surface area contributed by atoms with Gasteiger partial charge in [-0.1, -0.05) is 12.1 Å². The van der Waals surface area contributed by atoms with E-state index in [1.54, 1.807) is 6.20 Å². The van der Waals surface area contributed by atoms with Crippen molar-refractivity contribution in [1.82, 2.24) is 4.98 Å². The van der Waals surface area contributed by atoms with Crippen molar-refractivity contribution in [3.05, 3.63) is 53.7 Å². The predicted octanol–water partition coefficient (Wildman–Crippen LogP) is 3.04. The third kappa shape index (κ3) is 3.48. The lowest BCUT2D eigenvalue weighted by atomic mass is 10.1. The first-order chi connectivity index (χ1) is 8.63. The number of aromatic nitrogens is 1. The molecule has 2 aromatic rings. The molecule has 1 aromatic carbocycles. The zero-order valence-corrected chi connectivity index (χ0v) is 10.8. The van der Waals surface area contributed by atoms with E-state index in [1.807, 2.05) is 38.1 Å². The van der Waals surface area contributed by atoms with Gasteiger partial charge in [0.1, 0.15) is 11.6 Å². The Labute approximate surface area is 108 Å². The second-order valence-electron chi connectivity index (χ2n) is 4.58. The molecule has 3 heteroatoms. The van der Waals surface area contributed by atoms with Crippen LogP contribution < -0.4 is 10.5 Å². The minimum Gasteiger partial charge on any atom is -0.491 e. The molecule has 0 radical (unpaired) electrons. The van der Waals surface area contributed by atoms with Gasteiger partial charge in [-0.3, -0.25) is 0 Å². The summed E-state index contributed by atoms with van der Waals surface area (Å²) >= 11 is 0. The molecule has 94 valence electrons. The molecule has 0 aliphatic heterocycles. The number of ether oxygens (including phenoxy) is 1. The van der Waals surface area contributed by atoms with Crippen LogP contribution in [-0.4, -0.2) is 11.1 Å². The SMILES string of the molecule is CC(C)Oc1ccc(Cc2ccnc(N)c2)cc1. The summed E-state index contributed by atoms with van der Waals surface area (Å²) in [7, 11) is 0. The number of hydrogen-bond donors (Lipinski definition) is 1. The summed E-state index contributed by atoms with van der Waals surface area (Å²) in [5, 5.41) is 0. The molecule has 0 fully saturated rings. The summed E-state index contributed by atoms with van der Waals surface area (Å²) in [6.45, 7) is 4.04. The standard InChI is InChI=1S/C15H18N2O/c1-11(2)18-14-5-3-12(4-6-14)9-13-7-8-17-15(16)10-13/h3-8,10-11H,9H2,1-2H3,(H2,16,17). The van der Waals surface area contributed by atoms with Crippen molar-refractivity contribution in [3.8, 4) is 5.75 Å². The third-order valence-corrected chi connectivity index (χ3v) is 2.55. The van der Waals surface area contributed by atoms with Crippen molar-refractivity contribution >= 4 is 5.82 Å². The van der Waals surface area contributed by atoms with E-state index < -0.39 is 0 Å². The lowest BCUT2D eigenvalue weighted by molar-refractivity contribution is 0.242. The van der Waals surface area contributed by atoms with E-state index in [-0.39, 0.29) is 6.10 Å². The molecule has 0 bridgehead atoms. The maximum absolute atomic E-state index is 5.66. The average molecular weight is 242 g/mol. The van der Waals surface area contributed by atoms with Crippen molar-refractivity contribution in [3.63, 3.8) is 0 Å². The normalized spacial score (nSPS) is 10.6. The van der Waals surface area contributed by atoms with Crippen LogP contribution in [0, 0.1) is 0 Å². The highest BCUT2D eigenvalue weighted by Gasteiger charge is 2.00. The van der Waals surface area contributed by atoms with Crippen LogP contribution >= 0.6 is 0 Å². The Morgan fingerprint density at radius 2 is 1.83 bits per heavy atom. The summed E-state index contributed by atoms with van der Waals surface area (Å²) in [5.74, 6) is 1.47. The maximum Gasteiger partial charge on any atom is 0.123 e. The highest BCUT2D eigenvalue weighted by atomic mass is 16.5. The lowest BCUT2D eigenvalue weighted by Crippen LogP contribution is -2.05. The Morgan fingerprint density at radius 3 is 2.44 bits per heavy atom. The van der Waals surface area contributed by atoms with Crippen molar-refractivity contribution < 1.29 is 4.74 Å². The van der Waals surface area contributed by atoms with E-state index in [0.717, 1.165) is 12.2 Å². The number of nitrogen functional groups attached to an aromatic ring is 1. The van der Waals surface area contributed by atoms with Crippen molar-refractivity contribution in [2.45, 2.75) is 26.4 Å². The maximum atomic E-state index is 5.66. The van der Waals surface area contributed by atoms with E-state index >= 15 is 0 Å². The number of nitrogens with zero attached hydrogens (tertiary/aromatic N) is 1.